The summed E-state index contributed by atoms with van der Waals surface area (Å²) < 4.78 is 21.4. The van der Waals surface area contributed by atoms with Crippen molar-refractivity contribution in [3.8, 4) is 11.5 Å². The van der Waals surface area contributed by atoms with Crippen LogP contribution in [0, 0.1) is 13.8 Å². The van der Waals surface area contributed by atoms with Crippen molar-refractivity contribution in [1.82, 2.24) is 10.3 Å². The van der Waals surface area contributed by atoms with Gasteiger partial charge in [0, 0.05) is 5.69 Å². The third-order valence-corrected chi connectivity index (χ3v) is 4.97. The maximum absolute atomic E-state index is 12.5. The molecule has 2 aromatic rings. The molecule has 0 aliphatic carbocycles. The quantitative estimate of drug-likeness (QED) is 0.631. The van der Waals surface area contributed by atoms with Gasteiger partial charge in [0.15, 0.2) is 18.1 Å². The number of aromatic nitrogens is 1. The van der Waals surface area contributed by atoms with E-state index in [2.05, 4.69) is 10.3 Å². The Kier molecular flexibility index (Phi) is 7.07. The average Bonchev–Trinajstić information content (AvgIpc) is 3.05. The minimum Gasteiger partial charge on any atom is -0.486 e. The highest BCUT2D eigenvalue weighted by Gasteiger charge is 2.25. The molecule has 2 heterocycles. The molecule has 1 aliphatic rings. The van der Waals surface area contributed by atoms with Gasteiger partial charge in [-0.2, -0.15) is 0 Å². The van der Waals surface area contributed by atoms with Crippen molar-refractivity contribution in [3.05, 3.63) is 46.3 Å². The van der Waals surface area contributed by atoms with Crippen LogP contribution in [0.2, 0.25) is 0 Å². The molecule has 0 fully saturated rings. The summed E-state index contributed by atoms with van der Waals surface area (Å²) in [6, 6.07) is 5.12. The van der Waals surface area contributed by atoms with E-state index in [1.807, 2.05) is 19.1 Å². The van der Waals surface area contributed by atoms with Crippen molar-refractivity contribution in [2.45, 2.75) is 46.8 Å². The van der Waals surface area contributed by atoms with Gasteiger partial charge in [-0.25, -0.2) is 9.59 Å². The fraction of sp³-hybridized carbons (Fsp3) is 0.435. The number of esters is 2. The summed E-state index contributed by atoms with van der Waals surface area (Å²) in [7, 11) is 0. The third-order valence-electron chi connectivity index (χ3n) is 4.97. The fourth-order valence-electron chi connectivity index (χ4n) is 3.43. The number of carbonyl (C=O) groups is 3. The number of rotatable bonds is 7. The van der Waals surface area contributed by atoms with Crippen LogP contribution in [-0.4, -0.2) is 48.8 Å². The van der Waals surface area contributed by atoms with Crippen LogP contribution in [0.5, 0.6) is 11.5 Å². The zero-order chi connectivity index (χ0) is 23.4. The predicted molar refractivity (Wildman–Crippen MR) is 115 cm³/mol. The molecule has 0 saturated heterocycles. The molecule has 1 amide bonds. The molecular formula is C23H28N2O7. The Labute approximate surface area is 186 Å². The number of H-pyrrole nitrogens is 1. The van der Waals surface area contributed by atoms with Gasteiger partial charge in [0.05, 0.1) is 17.7 Å². The SMILES string of the molecule is Cc1[nH]c(C(=O)OCC(=O)NC(C)c2ccc3c(c2)OCCO3)c(C)c1C(=O)OC(C)C. The molecule has 0 spiro atoms. The van der Waals surface area contributed by atoms with Crippen LogP contribution in [0.15, 0.2) is 18.2 Å². The molecule has 9 nitrogen and oxygen atoms in total. The lowest BCUT2D eigenvalue weighted by Crippen LogP contribution is -2.31. The molecule has 1 aromatic heterocycles. The van der Waals surface area contributed by atoms with Crippen molar-refractivity contribution in [2.24, 2.45) is 0 Å². The van der Waals surface area contributed by atoms with Gasteiger partial charge in [-0.15, -0.1) is 0 Å². The highest BCUT2D eigenvalue weighted by molar-refractivity contribution is 5.99. The van der Waals surface area contributed by atoms with Crippen LogP contribution in [-0.2, 0) is 14.3 Å². The second kappa shape index (κ2) is 9.76. The molecule has 1 unspecified atom stereocenters. The lowest BCUT2D eigenvalue weighted by Gasteiger charge is -2.21. The molecule has 9 heteroatoms. The summed E-state index contributed by atoms with van der Waals surface area (Å²) in [5.41, 5.74) is 2.16. The number of ether oxygens (including phenoxy) is 4. The number of nitrogens with one attached hydrogen (secondary N) is 2. The molecule has 0 saturated carbocycles. The fourth-order valence-corrected chi connectivity index (χ4v) is 3.43. The van der Waals surface area contributed by atoms with E-state index in [1.165, 1.54) is 0 Å². The first kappa shape index (κ1) is 23.2. The Morgan fingerprint density at radius 3 is 2.44 bits per heavy atom. The van der Waals surface area contributed by atoms with Crippen LogP contribution in [0.1, 0.15) is 64.5 Å². The summed E-state index contributed by atoms with van der Waals surface area (Å²) >= 11 is 0. The smallest absolute Gasteiger partial charge is 0.355 e. The van der Waals surface area contributed by atoms with Crippen LogP contribution in [0.25, 0.3) is 0 Å². The largest absolute Gasteiger partial charge is 0.486 e. The Balaban J connectivity index is 1.58. The van der Waals surface area contributed by atoms with E-state index in [4.69, 9.17) is 18.9 Å². The summed E-state index contributed by atoms with van der Waals surface area (Å²) in [4.78, 5) is 39.9. The molecule has 32 heavy (non-hydrogen) atoms. The Morgan fingerprint density at radius 2 is 1.75 bits per heavy atom. The molecule has 1 atom stereocenters. The number of aryl methyl sites for hydroxylation is 1. The van der Waals surface area contributed by atoms with E-state index < -0.39 is 24.5 Å². The second-order valence-corrected chi connectivity index (χ2v) is 7.85. The van der Waals surface area contributed by atoms with Crippen LogP contribution < -0.4 is 14.8 Å². The van der Waals surface area contributed by atoms with Gasteiger partial charge in [-0.1, -0.05) is 6.07 Å². The van der Waals surface area contributed by atoms with E-state index in [0.717, 1.165) is 5.56 Å². The Morgan fingerprint density at radius 1 is 1.06 bits per heavy atom. The molecule has 1 aliphatic heterocycles. The molecule has 2 N–H and O–H groups in total. The van der Waals surface area contributed by atoms with Crippen LogP contribution in [0.3, 0.4) is 0 Å². The minimum absolute atomic E-state index is 0.117. The van der Waals surface area contributed by atoms with Gasteiger partial charge < -0.3 is 29.2 Å². The average molecular weight is 444 g/mol. The summed E-state index contributed by atoms with van der Waals surface area (Å²) in [6.07, 6.45) is -0.286. The number of fused-ring (bicyclic) bond motifs is 1. The van der Waals surface area contributed by atoms with Gasteiger partial charge in [-0.05, 0) is 57.9 Å². The molecule has 0 radical (unpaired) electrons. The molecule has 172 valence electrons. The highest BCUT2D eigenvalue weighted by Crippen LogP contribution is 2.32. The number of benzene rings is 1. The predicted octanol–water partition coefficient (Wildman–Crippen LogP) is 3.00. The maximum atomic E-state index is 12.5. The Hall–Kier alpha value is -3.49. The van der Waals surface area contributed by atoms with Gasteiger partial charge in [-0.3, -0.25) is 4.79 Å². The van der Waals surface area contributed by atoms with Crippen molar-refractivity contribution >= 4 is 17.8 Å². The first-order valence-electron chi connectivity index (χ1n) is 10.4. The first-order chi connectivity index (χ1) is 15.2. The summed E-state index contributed by atoms with van der Waals surface area (Å²) in [5.74, 6) is -0.403. The van der Waals surface area contributed by atoms with Crippen molar-refractivity contribution in [3.63, 3.8) is 0 Å². The van der Waals surface area contributed by atoms with Gasteiger partial charge in [0.25, 0.3) is 5.91 Å². The number of carbonyl (C=O) groups excluding carboxylic acids is 3. The van der Waals surface area contributed by atoms with Gasteiger partial charge in [0.2, 0.25) is 0 Å². The highest BCUT2D eigenvalue weighted by atomic mass is 16.6. The minimum atomic E-state index is -0.726. The van der Waals surface area contributed by atoms with E-state index in [-0.39, 0.29) is 17.8 Å². The number of amides is 1. The van der Waals surface area contributed by atoms with Gasteiger partial charge >= 0.3 is 11.9 Å². The summed E-state index contributed by atoms with van der Waals surface area (Å²) in [6.45, 7) is 9.12. The second-order valence-electron chi connectivity index (χ2n) is 7.85. The van der Waals surface area contributed by atoms with E-state index >= 15 is 0 Å². The third kappa shape index (κ3) is 5.22. The van der Waals surface area contributed by atoms with Crippen molar-refractivity contribution in [2.75, 3.05) is 19.8 Å². The topological polar surface area (TPSA) is 116 Å². The zero-order valence-corrected chi connectivity index (χ0v) is 18.9. The molecule has 1 aromatic carbocycles. The van der Waals surface area contributed by atoms with Crippen LogP contribution >= 0.6 is 0 Å². The van der Waals surface area contributed by atoms with E-state index in [9.17, 15) is 14.4 Å². The van der Waals surface area contributed by atoms with Crippen molar-refractivity contribution < 1.29 is 33.3 Å². The van der Waals surface area contributed by atoms with Crippen molar-refractivity contribution in [1.29, 1.82) is 0 Å². The molecule has 3 rings (SSSR count). The number of aromatic amines is 1. The monoisotopic (exact) mass is 444 g/mol. The van der Waals surface area contributed by atoms with Crippen LogP contribution in [0.4, 0.5) is 0 Å². The normalized spacial score (nSPS) is 13.4. The Bertz CT molecular complexity index is 1030. The lowest BCUT2D eigenvalue weighted by atomic mass is 10.1. The standard InChI is InChI=1S/C23H28N2O7/c1-12(2)32-22(27)20-13(3)21(25-15(20)5)23(28)31-11-19(26)24-14(4)16-6-7-17-18(10-16)30-9-8-29-17/h6-7,10,12,14,25H,8-9,11H2,1-5H3,(H,24,26). The maximum Gasteiger partial charge on any atom is 0.355 e. The zero-order valence-electron chi connectivity index (χ0n) is 18.9. The lowest BCUT2D eigenvalue weighted by molar-refractivity contribution is -0.124. The van der Waals surface area contributed by atoms with Gasteiger partial charge in [0.1, 0.15) is 18.9 Å². The molecule has 0 bridgehead atoms. The van der Waals surface area contributed by atoms with E-state index in [1.54, 1.807) is 33.8 Å². The molecular weight excluding hydrogens is 416 g/mol. The number of hydrogen-bond donors (Lipinski definition) is 2. The van der Waals surface area contributed by atoms with E-state index in [0.29, 0.717) is 41.5 Å². The first-order valence-corrected chi connectivity index (χ1v) is 10.4. The summed E-state index contributed by atoms with van der Waals surface area (Å²) in [5, 5.41) is 2.78. The number of hydrogen-bond acceptors (Lipinski definition) is 7.